The molecule has 0 spiro atoms. The molecule has 0 heterocycles. The van der Waals surface area contributed by atoms with Crippen LogP contribution in [0.25, 0.3) is 0 Å². The van der Waals surface area contributed by atoms with E-state index in [0.29, 0.717) is 28.6 Å². The van der Waals surface area contributed by atoms with Crippen molar-refractivity contribution in [3.8, 4) is 5.75 Å². The van der Waals surface area contributed by atoms with E-state index in [1.807, 2.05) is 30.3 Å². The van der Waals surface area contributed by atoms with E-state index < -0.39 is 6.04 Å². The van der Waals surface area contributed by atoms with E-state index in [1.54, 1.807) is 25.1 Å². The summed E-state index contributed by atoms with van der Waals surface area (Å²) in [5.74, 6) is 0.342. The molecule has 0 aliphatic rings. The second-order valence-electron chi connectivity index (χ2n) is 6.28. The first-order valence-corrected chi connectivity index (χ1v) is 9.81. The van der Waals surface area contributed by atoms with E-state index in [1.165, 1.54) is 11.9 Å². The number of hydrogen-bond acceptors (Lipinski definition) is 3. The van der Waals surface area contributed by atoms with Crippen LogP contribution in [-0.2, 0) is 16.1 Å². The minimum Gasteiger partial charge on any atom is -0.494 e. The molecular formula is C21H24Cl2N2O3. The molecule has 1 N–H and O–H groups in total. The number of benzene rings is 2. The van der Waals surface area contributed by atoms with Crippen molar-refractivity contribution in [2.75, 3.05) is 13.7 Å². The zero-order valence-electron chi connectivity index (χ0n) is 16.0. The van der Waals surface area contributed by atoms with Gasteiger partial charge in [-0.1, -0.05) is 47.5 Å². The van der Waals surface area contributed by atoms with Gasteiger partial charge in [-0.3, -0.25) is 9.59 Å². The number of hydrogen-bond donors (Lipinski definition) is 1. The van der Waals surface area contributed by atoms with Gasteiger partial charge in [0.25, 0.3) is 0 Å². The van der Waals surface area contributed by atoms with E-state index in [0.717, 1.165) is 5.75 Å². The molecule has 0 aliphatic carbocycles. The van der Waals surface area contributed by atoms with Gasteiger partial charge in [0.2, 0.25) is 11.8 Å². The zero-order valence-corrected chi connectivity index (χ0v) is 17.5. The van der Waals surface area contributed by atoms with Crippen LogP contribution in [0.1, 0.15) is 25.3 Å². The van der Waals surface area contributed by atoms with Crippen molar-refractivity contribution >= 4 is 35.0 Å². The second kappa shape index (κ2) is 10.9. The maximum absolute atomic E-state index is 12.8. The van der Waals surface area contributed by atoms with Gasteiger partial charge in [0.1, 0.15) is 11.8 Å². The van der Waals surface area contributed by atoms with Crippen LogP contribution in [0.5, 0.6) is 5.75 Å². The standard InChI is InChI=1S/C21H24Cl2N2O3/c1-15(21(27)24-2)25(14-17-18(22)10-6-11-19(17)23)20(26)12-7-13-28-16-8-4-3-5-9-16/h3-6,8-11,15H,7,12-14H2,1-2H3,(H,24,27)/t15-/m1/s1. The molecule has 1 atom stereocenters. The lowest BCUT2D eigenvalue weighted by Gasteiger charge is -2.29. The van der Waals surface area contributed by atoms with Gasteiger partial charge in [-0.05, 0) is 37.6 Å². The number of nitrogens with zero attached hydrogens (tertiary/aromatic N) is 1. The summed E-state index contributed by atoms with van der Waals surface area (Å²) in [6, 6.07) is 13.9. The molecule has 5 nitrogen and oxygen atoms in total. The highest BCUT2D eigenvalue weighted by Crippen LogP contribution is 2.26. The fraction of sp³-hybridized carbons (Fsp3) is 0.333. The van der Waals surface area contributed by atoms with Gasteiger partial charge in [-0.25, -0.2) is 0 Å². The lowest BCUT2D eigenvalue weighted by Crippen LogP contribution is -2.46. The van der Waals surface area contributed by atoms with Crippen molar-refractivity contribution in [3.63, 3.8) is 0 Å². The average molecular weight is 423 g/mol. The second-order valence-corrected chi connectivity index (χ2v) is 7.09. The number of nitrogens with one attached hydrogen (secondary N) is 1. The molecule has 28 heavy (non-hydrogen) atoms. The Morgan fingerprint density at radius 3 is 2.32 bits per heavy atom. The smallest absolute Gasteiger partial charge is 0.242 e. The monoisotopic (exact) mass is 422 g/mol. The number of halogens is 2. The van der Waals surface area contributed by atoms with Crippen LogP contribution in [0.15, 0.2) is 48.5 Å². The Labute approximate surface area is 175 Å². The maximum atomic E-state index is 12.8. The number of rotatable bonds is 9. The molecule has 0 unspecified atom stereocenters. The minimum absolute atomic E-state index is 0.158. The normalized spacial score (nSPS) is 11.6. The summed E-state index contributed by atoms with van der Waals surface area (Å²) in [6.07, 6.45) is 0.775. The number of carbonyl (C=O) groups is 2. The zero-order chi connectivity index (χ0) is 20.5. The molecule has 2 aromatic carbocycles. The molecule has 2 aromatic rings. The van der Waals surface area contributed by atoms with Gasteiger partial charge in [0.15, 0.2) is 0 Å². The van der Waals surface area contributed by atoms with Crippen LogP contribution in [-0.4, -0.2) is 36.4 Å². The summed E-state index contributed by atoms with van der Waals surface area (Å²) < 4.78 is 5.63. The summed E-state index contributed by atoms with van der Waals surface area (Å²) in [7, 11) is 1.54. The minimum atomic E-state index is -0.653. The van der Waals surface area contributed by atoms with Crippen LogP contribution < -0.4 is 10.1 Å². The Kier molecular flexibility index (Phi) is 8.61. The summed E-state index contributed by atoms with van der Waals surface area (Å²) in [5, 5.41) is 3.50. The van der Waals surface area contributed by atoms with Gasteiger partial charge in [0.05, 0.1) is 6.61 Å². The Balaban J connectivity index is 2.03. The van der Waals surface area contributed by atoms with Gasteiger partial charge < -0.3 is 15.0 Å². The lowest BCUT2D eigenvalue weighted by atomic mass is 10.1. The lowest BCUT2D eigenvalue weighted by molar-refractivity contribution is -0.140. The van der Waals surface area contributed by atoms with Crippen molar-refractivity contribution in [3.05, 3.63) is 64.1 Å². The molecule has 0 fully saturated rings. The molecule has 0 bridgehead atoms. The third kappa shape index (κ3) is 6.14. The average Bonchev–Trinajstić information content (AvgIpc) is 2.70. The number of ether oxygens (including phenoxy) is 1. The molecule has 0 saturated heterocycles. The predicted molar refractivity (Wildman–Crippen MR) is 112 cm³/mol. The summed E-state index contributed by atoms with van der Waals surface area (Å²) in [5.41, 5.74) is 0.621. The quantitative estimate of drug-likeness (QED) is 0.612. The summed E-state index contributed by atoms with van der Waals surface area (Å²) in [6.45, 7) is 2.25. The molecule has 0 radical (unpaired) electrons. The first-order chi connectivity index (χ1) is 13.4. The van der Waals surface area contributed by atoms with Crippen LogP contribution in [0, 0.1) is 0 Å². The molecule has 2 amide bonds. The summed E-state index contributed by atoms with van der Waals surface area (Å²) >= 11 is 12.5. The van der Waals surface area contributed by atoms with Crippen molar-refractivity contribution in [2.24, 2.45) is 0 Å². The van der Waals surface area contributed by atoms with E-state index in [4.69, 9.17) is 27.9 Å². The van der Waals surface area contributed by atoms with Gasteiger partial charge in [-0.15, -0.1) is 0 Å². The summed E-state index contributed by atoms with van der Waals surface area (Å²) in [4.78, 5) is 26.5. The molecule has 150 valence electrons. The largest absolute Gasteiger partial charge is 0.494 e. The maximum Gasteiger partial charge on any atom is 0.242 e. The van der Waals surface area contributed by atoms with Crippen molar-refractivity contribution in [2.45, 2.75) is 32.4 Å². The Bertz CT molecular complexity index is 779. The molecular weight excluding hydrogens is 399 g/mol. The number of likely N-dealkylation sites (N-methyl/N-ethyl adjacent to an activating group) is 1. The van der Waals surface area contributed by atoms with E-state index in [-0.39, 0.29) is 24.8 Å². The van der Waals surface area contributed by atoms with Crippen LogP contribution in [0.3, 0.4) is 0 Å². The van der Waals surface area contributed by atoms with Gasteiger partial charge in [0, 0.05) is 35.6 Å². The topological polar surface area (TPSA) is 58.6 Å². The molecule has 7 heteroatoms. The van der Waals surface area contributed by atoms with E-state index in [2.05, 4.69) is 5.32 Å². The number of carbonyl (C=O) groups excluding carboxylic acids is 2. The third-order valence-corrected chi connectivity index (χ3v) is 5.06. The molecule has 0 aromatic heterocycles. The van der Waals surface area contributed by atoms with Crippen molar-refractivity contribution in [1.82, 2.24) is 10.2 Å². The van der Waals surface area contributed by atoms with Gasteiger partial charge >= 0.3 is 0 Å². The first-order valence-electron chi connectivity index (χ1n) is 9.05. The predicted octanol–water partition coefficient (Wildman–Crippen LogP) is 4.32. The van der Waals surface area contributed by atoms with Crippen LogP contribution in [0.4, 0.5) is 0 Å². The van der Waals surface area contributed by atoms with Crippen molar-refractivity contribution < 1.29 is 14.3 Å². The van der Waals surface area contributed by atoms with Gasteiger partial charge in [-0.2, -0.15) is 0 Å². The third-order valence-electron chi connectivity index (χ3n) is 4.35. The van der Waals surface area contributed by atoms with Crippen LogP contribution in [0.2, 0.25) is 10.0 Å². The van der Waals surface area contributed by atoms with E-state index >= 15 is 0 Å². The Hall–Kier alpha value is -2.24. The van der Waals surface area contributed by atoms with E-state index in [9.17, 15) is 9.59 Å². The highest BCUT2D eigenvalue weighted by molar-refractivity contribution is 6.36. The fourth-order valence-corrected chi connectivity index (χ4v) is 3.24. The molecule has 0 aliphatic heterocycles. The highest BCUT2D eigenvalue weighted by atomic mass is 35.5. The number of amides is 2. The van der Waals surface area contributed by atoms with Crippen molar-refractivity contribution in [1.29, 1.82) is 0 Å². The fourth-order valence-electron chi connectivity index (χ4n) is 2.72. The molecule has 0 saturated carbocycles. The highest BCUT2D eigenvalue weighted by Gasteiger charge is 2.26. The Morgan fingerprint density at radius 2 is 1.71 bits per heavy atom. The first kappa shape index (κ1) is 22.1. The molecule has 2 rings (SSSR count). The number of para-hydroxylation sites is 1. The van der Waals surface area contributed by atoms with Crippen LogP contribution >= 0.6 is 23.2 Å². The Morgan fingerprint density at radius 1 is 1.07 bits per heavy atom. The SMILES string of the molecule is CNC(=O)[C@@H](C)N(Cc1c(Cl)cccc1Cl)C(=O)CCCOc1ccccc1.